The van der Waals surface area contributed by atoms with Crippen LogP contribution in [0.5, 0.6) is 0 Å². The van der Waals surface area contributed by atoms with Crippen molar-refractivity contribution in [3.63, 3.8) is 0 Å². The van der Waals surface area contributed by atoms with Crippen LogP contribution in [0.25, 0.3) is 0 Å². The summed E-state index contributed by atoms with van der Waals surface area (Å²) in [7, 11) is 0. The summed E-state index contributed by atoms with van der Waals surface area (Å²) in [5.41, 5.74) is 1.41. The Bertz CT molecular complexity index is 563. The Morgan fingerprint density at radius 1 is 1.18 bits per heavy atom. The Hall–Kier alpha value is -2.63. The van der Waals surface area contributed by atoms with Crippen molar-refractivity contribution < 1.29 is 19.5 Å². The second-order valence-corrected chi connectivity index (χ2v) is 5.02. The fourth-order valence-electron chi connectivity index (χ4n) is 1.67. The molecule has 0 aromatic heterocycles. The van der Waals surface area contributed by atoms with Gasteiger partial charge in [-0.05, 0) is 32.4 Å². The molecule has 3 N–H and O–H groups in total. The lowest BCUT2D eigenvalue weighted by Crippen LogP contribution is -2.45. The van der Waals surface area contributed by atoms with Gasteiger partial charge in [-0.25, -0.2) is 4.79 Å². The lowest BCUT2D eigenvalue weighted by Gasteiger charge is -2.13. The number of carboxylic acids is 1. The Kier molecular flexibility index (Phi) is 6.82. The number of hydrogen-bond donors (Lipinski definition) is 3. The van der Waals surface area contributed by atoms with E-state index in [9.17, 15) is 14.4 Å². The van der Waals surface area contributed by atoms with Crippen molar-refractivity contribution in [2.24, 2.45) is 0 Å². The van der Waals surface area contributed by atoms with Gasteiger partial charge in [0.15, 0.2) is 0 Å². The van der Waals surface area contributed by atoms with Gasteiger partial charge in [-0.15, -0.1) is 0 Å². The molecule has 0 saturated heterocycles. The van der Waals surface area contributed by atoms with E-state index in [1.54, 1.807) is 36.4 Å². The SMILES string of the molecule is CC(C)=CC[C@@H](NC(=O)CNC(=O)c1ccccc1)C(=O)O. The summed E-state index contributed by atoms with van der Waals surface area (Å²) in [6.07, 6.45) is 1.94. The van der Waals surface area contributed by atoms with Gasteiger partial charge < -0.3 is 15.7 Å². The van der Waals surface area contributed by atoms with E-state index in [0.29, 0.717) is 5.56 Å². The monoisotopic (exact) mass is 304 g/mol. The van der Waals surface area contributed by atoms with Gasteiger partial charge in [-0.1, -0.05) is 29.8 Å². The summed E-state index contributed by atoms with van der Waals surface area (Å²) in [6, 6.07) is 7.47. The topological polar surface area (TPSA) is 95.5 Å². The summed E-state index contributed by atoms with van der Waals surface area (Å²) >= 11 is 0. The van der Waals surface area contributed by atoms with Crippen molar-refractivity contribution in [1.82, 2.24) is 10.6 Å². The third-order valence-corrected chi connectivity index (χ3v) is 2.84. The molecule has 22 heavy (non-hydrogen) atoms. The number of aliphatic carboxylic acids is 1. The van der Waals surface area contributed by atoms with Gasteiger partial charge in [-0.2, -0.15) is 0 Å². The second-order valence-electron chi connectivity index (χ2n) is 5.02. The summed E-state index contributed by atoms with van der Waals surface area (Å²) in [6.45, 7) is 3.42. The molecule has 2 amide bonds. The van der Waals surface area contributed by atoms with Crippen LogP contribution in [0.2, 0.25) is 0 Å². The highest BCUT2D eigenvalue weighted by Gasteiger charge is 2.18. The number of nitrogens with one attached hydrogen (secondary N) is 2. The highest BCUT2D eigenvalue weighted by molar-refractivity contribution is 5.96. The Labute approximate surface area is 129 Å². The second kappa shape index (κ2) is 8.61. The van der Waals surface area contributed by atoms with Crippen molar-refractivity contribution in [2.45, 2.75) is 26.3 Å². The highest BCUT2D eigenvalue weighted by Crippen LogP contribution is 2.00. The van der Waals surface area contributed by atoms with E-state index in [-0.39, 0.29) is 18.9 Å². The summed E-state index contributed by atoms with van der Waals surface area (Å²) in [5.74, 6) is -2.04. The average Bonchev–Trinajstić information content (AvgIpc) is 2.49. The number of carboxylic acid groups (broad SMARTS) is 1. The smallest absolute Gasteiger partial charge is 0.326 e. The quantitative estimate of drug-likeness (QED) is 0.662. The number of allylic oxidation sites excluding steroid dienone is 1. The van der Waals surface area contributed by atoms with Crippen LogP contribution >= 0.6 is 0 Å². The number of benzene rings is 1. The van der Waals surface area contributed by atoms with E-state index >= 15 is 0 Å². The molecule has 1 atom stereocenters. The van der Waals surface area contributed by atoms with Crippen LogP contribution < -0.4 is 10.6 Å². The number of hydrogen-bond acceptors (Lipinski definition) is 3. The maximum absolute atomic E-state index is 11.8. The lowest BCUT2D eigenvalue weighted by atomic mass is 10.1. The minimum atomic E-state index is -1.11. The standard InChI is InChI=1S/C16H20N2O4/c1-11(2)8-9-13(16(21)22)18-14(19)10-17-15(20)12-6-4-3-5-7-12/h3-8,13H,9-10H2,1-2H3,(H,17,20)(H,18,19)(H,21,22)/t13-/m1/s1. The summed E-state index contributed by atoms with van der Waals surface area (Å²) in [5, 5.41) is 13.9. The molecule has 1 rings (SSSR count). The molecule has 0 radical (unpaired) electrons. The van der Waals surface area contributed by atoms with E-state index in [1.165, 1.54) is 0 Å². The molecule has 0 saturated carbocycles. The van der Waals surface area contributed by atoms with Crippen molar-refractivity contribution in [3.8, 4) is 0 Å². The van der Waals surface area contributed by atoms with E-state index in [1.807, 2.05) is 13.8 Å². The first-order chi connectivity index (χ1) is 10.4. The minimum Gasteiger partial charge on any atom is -0.480 e. The molecule has 0 bridgehead atoms. The molecule has 6 nitrogen and oxygen atoms in total. The zero-order valence-corrected chi connectivity index (χ0v) is 12.6. The third kappa shape index (κ3) is 6.21. The third-order valence-electron chi connectivity index (χ3n) is 2.84. The first-order valence-corrected chi connectivity index (χ1v) is 6.89. The van der Waals surface area contributed by atoms with Gasteiger partial charge in [-0.3, -0.25) is 9.59 Å². The zero-order valence-electron chi connectivity index (χ0n) is 12.6. The molecule has 0 fully saturated rings. The predicted octanol–water partition coefficient (Wildman–Crippen LogP) is 1.34. The predicted molar refractivity (Wildman–Crippen MR) is 82.4 cm³/mol. The lowest BCUT2D eigenvalue weighted by molar-refractivity contribution is -0.141. The van der Waals surface area contributed by atoms with Crippen molar-refractivity contribution in [2.75, 3.05) is 6.54 Å². The number of rotatable bonds is 7. The number of carbonyl (C=O) groups is 3. The fourth-order valence-corrected chi connectivity index (χ4v) is 1.67. The molecule has 6 heteroatoms. The average molecular weight is 304 g/mol. The molecule has 0 aliphatic rings. The van der Waals surface area contributed by atoms with E-state index in [4.69, 9.17) is 5.11 Å². The van der Waals surface area contributed by atoms with Crippen LogP contribution in [0.4, 0.5) is 0 Å². The number of amides is 2. The Morgan fingerprint density at radius 3 is 2.36 bits per heavy atom. The molecular weight excluding hydrogens is 284 g/mol. The molecule has 0 aliphatic carbocycles. The molecule has 0 spiro atoms. The summed E-state index contributed by atoms with van der Waals surface area (Å²) < 4.78 is 0. The first kappa shape index (κ1) is 17.4. The molecule has 0 aliphatic heterocycles. The maximum atomic E-state index is 11.8. The number of carbonyl (C=O) groups excluding carboxylic acids is 2. The van der Waals surface area contributed by atoms with E-state index in [2.05, 4.69) is 10.6 Å². The zero-order chi connectivity index (χ0) is 16.5. The van der Waals surface area contributed by atoms with Gasteiger partial charge in [0.1, 0.15) is 6.04 Å². The molecule has 118 valence electrons. The van der Waals surface area contributed by atoms with Crippen molar-refractivity contribution in [1.29, 1.82) is 0 Å². The van der Waals surface area contributed by atoms with E-state index < -0.39 is 17.9 Å². The molecule has 1 aromatic rings. The van der Waals surface area contributed by atoms with Crippen LogP contribution in [-0.2, 0) is 9.59 Å². The summed E-state index contributed by atoms with van der Waals surface area (Å²) in [4.78, 5) is 34.6. The maximum Gasteiger partial charge on any atom is 0.326 e. The molecule has 0 heterocycles. The fraction of sp³-hybridized carbons (Fsp3) is 0.312. The van der Waals surface area contributed by atoms with Crippen LogP contribution in [0.15, 0.2) is 42.0 Å². The van der Waals surface area contributed by atoms with Crippen LogP contribution in [0.1, 0.15) is 30.6 Å². The molecule has 1 aromatic carbocycles. The Balaban J connectivity index is 2.49. The van der Waals surface area contributed by atoms with Gasteiger partial charge >= 0.3 is 5.97 Å². The largest absolute Gasteiger partial charge is 0.480 e. The van der Waals surface area contributed by atoms with Gasteiger partial charge in [0.25, 0.3) is 5.91 Å². The molecular formula is C16H20N2O4. The molecule has 0 unspecified atom stereocenters. The van der Waals surface area contributed by atoms with Crippen LogP contribution in [0.3, 0.4) is 0 Å². The van der Waals surface area contributed by atoms with Crippen molar-refractivity contribution in [3.05, 3.63) is 47.5 Å². The highest BCUT2D eigenvalue weighted by atomic mass is 16.4. The van der Waals surface area contributed by atoms with E-state index in [0.717, 1.165) is 5.57 Å². The normalized spacial score (nSPS) is 11.2. The first-order valence-electron chi connectivity index (χ1n) is 6.89. The van der Waals surface area contributed by atoms with Gasteiger partial charge in [0.2, 0.25) is 5.91 Å². The minimum absolute atomic E-state index is 0.204. The Morgan fingerprint density at radius 2 is 1.82 bits per heavy atom. The van der Waals surface area contributed by atoms with Gasteiger partial charge in [0.05, 0.1) is 6.54 Å². The van der Waals surface area contributed by atoms with Gasteiger partial charge in [0, 0.05) is 5.56 Å². The van der Waals surface area contributed by atoms with Crippen LogP contribution in [0, 0.1) is 0 Å². The van der Waals surface area contributed by atoms with Crippen molar-refractivity contribution >= 4 is 17.8 Å². The van der Waals surface area contributed by atoms with Crippen LogP contribution in [-0.4, -0.2) is 35.5 Å².